The molecule has 3 aromatic carbocycles. The van der Waals surface area contributed by atoms with Gasteiger partial charge in [-0.25, -0.2) is 0 Å². The van der Waals surface area contributed by atoms with Crippen molar-refractivity contribution in [1.82, 2.24) is 9.97 Å². The van der Waals surface area contributed by atoms with Gasteiger partial charge in [-0.15, -0.1) is 0 Å². The van der Waals surface area contributed by atoms with Crippen LogP contribution in [0.2, 0.25) is 0 Å². The first kappa shape index (κ1) is 16.2. The molecule has 1 heterocycles. The molecule has 0 saturated heterocycles. The van der Waals surface area contributed by atoms with Gasteiger partial charge >= 0.3 is 0 Å². The molecule has 0 unspecified atom stereocenters. The molecule has 2 N–H and O–H groups in total. The second-order valence-corrected chi connectivity index (χ2v) is 6.28. The highest BCUT2D eigenvalue weighted by atomic mass is 16.1. The van der Waals surface area contributed by atoms with Gasteiger partial charge in [0, 0.05) is 22.2 Å². The van der Waals surface area contributed by atoms with Gasteiger partial charge in [0.1, 0.15) is 11.0 Å². The van der Waals surface area contributed by atoms with Gasteiger partial charge in [0.05, 0.1) is 10.8 Å². The van der Waals surface area contributed by atoms with Crippen molar-refractivity contribution in [2.24, 2.45) is 0 Å². The number of rotatable bonds is 2. The summed E-state index contributed by atoms with van der Waals surface area (Å²) in [7, 11) is 0. The molecule has 0 amide bonds. The molecule has 6 nitrogen and oxygen atoms in total. The van der Waals surface area contributed by atoms with E-state index in [9.17, 15) is 19.2 Å². The van der Waals surface area contributed by atoms with Gasteiger partial charge in [-0.3, -0.25) is 19.2 Å². The highest BCUT2D eigenvalue weighted by Gasteiger charge is 2.20. The van der Waals surface area contributed by atoms with Gasteiger partial charge in [-0.1, -0.05) is 38.1 Å². The molecule has 0 spiro atoms. The summed E-state index contributed by atoms with van der Waals surface area (Å²) in [5.41, 5.74) is -0.702. The number of hydrogen-bond donors (Lipinski definition) is 2. The number of H-pyrrole nitrogens is 2. The maximum absolute atomic E-state index is 13.0. The largest absolute Gasteiger partial charge is 0.352 e. The Morgan fingerprint density at radius 3 is 1.38 bits per heavy atom. The zero-order valence-electron chi connectivity index (χ0n) is 14.4. The molecule has 0 saturated carbocycles. The average Bonchev–Trinajstić information content (AvgIpc) is 2.67. The molecule has 0 radical (unpaired) electrons. The van der Waals surface area contributed by atoms with Crippen LogP contribution >= 0.6 is 0 Å². The Kier molecular flexibility index (Phi) is 3.50. The lowest BCUT2D eigenvalue weighted by Crippen LogP contribution is -2.28. The van der Waals surface area contributed by atoms with Crippen LogP contribution in [0.4, 0.5) is 0 Å². The van der Waals surface area contributed by atoms with Crippen molar-refractivity contribution in [3.8, 4) is 0 Å². The Morgan fingerprint density at radius 2 is 1.04 bits per heavy atom. The van der Waals surface area contributed by atoms with E-state index in [0.29, 0.717) is 12.8 Å². The van der Waals surface area contributed by atoms with Crippen molar-refractivity contribution < 1.29 is 0 Å². The maximum atomic E-state index is 13.0. The van der Waals surface area contributed by atoms with Crippen LogP contribution in [0, 0.1) is 0 Å². The van der Waals surface area contributed by atoms with E-state index in [2.05, 4.69) is 9.97 Å². The Bertz CT molecular complexity index is 1320. The third kappa shape index (κ3) is 1.98. The zero-order valence-corrected chi connectivity index (χ0v) is 14.4. The smallest absolute Gasteiger partial charge is 0.216 e. The van der Waals surface area contributed by atoms with Gasteiger partial charge < -0.3 is 9.97 Å². The van der Waals surface area contributed by atoms with Crippen LogP contribution in [0.15, 0.2) is 43.4 Å². The zero-order chi connectivity index (χ0) is 18.6. The number of fused-ring (bicyclic) bond motifs is 3. The molecular weight excluding hydrogens is 332 g/mol. The van der Waals surface area contributed by atoms with Crippen molar-refractivity contribution in [1.29, 1.82) is 0 Å². The lowest BCUT2D eigenvalue weighted by Gasteiger charge is -2.10. The SMILES string of the molecule is CCc1[nH]c2c(=O)c3c(=O)c4ccccc4c(=O)c3c(=O)c2[nH]c1CC. The van der Waals surface area contributed by atoms with E-state index in [1.807, 2.05) is 13.8 Å². The molecule has 4 rings (SSSR count). The maximum Gasteiger partial charge on any atom is 0.216 e. The monoisotopic (exact) mass is 348 g/mol. The van der Waals surface area contributed by atoms with E-state index in [1.54, 1.807) is 12.1 Å². The van der Waals surface area contributed by atoms with Crippen molar-refractivity contribution in [2.45, 2.75) is 26.7 Å². The number of nitrogens with one attached hydrogen (secondary N) is 2. The Hall–Kier alpha value is -3.28. The van der Waals surface area contributed by atoms with Crippen molar-refractivity contribution in [3.63, 3.8) is 0 Å². The van der Waals surface area contributed by atoms with Gasteiger partial charge in [-0.2, -0.15) is 0 Å². The molecule has 0 fully saturated rings. The molecule has 0 aliphatic carbocycles. The first-order valence-electron chi connectivity index (χ1n) is 8.52. The van der Waals surface area contributed by atoms with E-state index in [-0.39, 0.29) is 32.6 Å². The number of hydrogen-bond acceptors (Lipinski definition) is 4. The summed E-state index contributed by atoms with van der Waals surface area (Å²) in [5, 5.41) is -0.347. The second kappa shape index (κ2) is 5.62. The molecule has 0 aliphatic rings. The molecule has 1 aromatic heterocycles. The molecule has 0 atom stereocenters. The van der Waals surface area contributed by atoms with Crippen LogP contribution < -0.4 is 21.7 Å². The molecule has 26 heavy (non-hydrogen) atoms. The summed E-state index contributed by atoms with van der Waals surface area (Å²) in [5.74, 6) is 0. The van der Waals surface area contributed by atoms with Gasteiger partial charge in [-0.05, 0) is 12.8 Å². The molecule has 4 aromatic rings. The van der Waals surface area contributed by atoms with E-state index >= 15 is 0 Å². The first-order chi connectivity index (χ1) is 12.5. The van der Waals surface area contributed by atoms with Crippen LogP contribution in [0.25, 0.3) is 32.6 Å². The van der Waals surface area contributed by atoms with Crippen LogP contribution in [0.1, 0.15) is 25.2 Å². The van der Waals surface area contributed by atoms with Crippen molar-refractivity contribution >= 4 is 32.6 Å². The molecule has 130 valence electrons. The lowest BCUT2D eigenvalue weighted by atomic mass is 10.0. The standard InChI is InChI=1S/C20H16N2O4/c1-3-11-12(4-2)22-16-15(21-11)19(25)13-14(20(16)26)18(24)10-8-6-5-7-9(10)17(13)23/h5-8,21-22H,3-4H2,1-2H3. The molecular formula is C20H16N2O4. The summed E-state index contributed by atoms with van der Waals surface area (Å²) in [6, 6.07) is 6.25. The van der Waals surface area contributed by atoms with Crippen LogP contribution in [0.3, 0.4) is 0 Å². The predicted octanol–water partition coefficient (Wildman–Crippen LogP) is 1.81. The van der Waals surface area contributed by atoms with Crippen molar-refractivity contribution in [3.05, 3.63) is 76.5 Å². The Morgan fingerprint density at radius 1 is 0.654 bits per heavy atom. The highest BCUT2D eigenvalue weighted by molar-refractivity contribution is 6.02. The van der Waals surface area contributed by atoms with E-state index < -0.39 is 21.7 Å². The van der Waals surface area contributed by atoms with Gasteiger partial charge in [0.2, 0.25) is 10.9 Å². The fraction of sp³-hybridized carbons (Fsp3) is 0.200. The quantitative estimate of drug-likeness (QED) is 0.540. The summed E-state index contributed by atoms with van der Waals surface area (Å²) in [4.78, 5) is 57.7. The number of aromatic amines is 2. The van der Waals surface area contributed by atoms with Gasteiger partial charge in [0.15, 0.2) is 10.9 Å². The highest BCUT2D eigenvalue weighted by Crippen LogP contribution is 2.13. The summed E-state index contributed by atoms with van der Waals surface area (Å²) >= 11 is 0. The predicted molar refractivity (Wildman–Crippen MR) is 103 cm³/mol. The lowest BCUT2D eigenvalue weighted by molar-refractivity contribution is 0.928. The normalized spacial score (nSPS) is 11.6. The summed E-state index contributed by atoms with van der Waals surface area (Å²) in [6.45, 7) is 3.85. The summed E-state index contributed by atoms with van der Waals surface area (Å²) in [6.07, 6.45) is 1.27. The number of aromatic nitrogens is 2. The fourth-order valence-corrected chi connectivity index (χ4v) is 3.58. The first-order valence-corrected chi connectivity index (χ1v) is 8.52. The Balaban J connectivity index is 2.41. The third-order valence-corrected chi connectivity index (χ3v) is 4.90. The van der Waals surface area contributed by atoms with E-state index in [4.69, 9.17) is 0 Å². The fourth-order valence-electron chi connectivity index (χ4n) is 3.58. The van der Waals surface area contributed by atoms with Crippen LogP contribution in [0.5, 0.6) is 0 Å². The third-order valence-electron chi connectivity index (χ3n) is 4.90. The minimum atomic E-state index is -0.615. The van der Waals surface area contributed by atoms with E-state index in [0.717, 1.165) is 11.4 Å². The van der Waals surface area contributed by atoms with Crippen LogP contribution in [-0.2, 0) is 12.8 Å². The molecule has 0 aliphatic heterocycles. The number of benzene rings is 3. The molecule has 0 bridgehead atoms. The topological polar surface area (TPSA) is 99.9 Å². The molecule has 6 heteroatoms. The van der Waals surface area contributed by atoms with Crippen LogP contribution in [-0.4, -0.2) is 9.97 Å². The minimum Gasteiger partial charge on any atom is -0.352 e. The summed E-state index contributed by atoms with van der Waals surface area (Å²) < 4.78 is 0. The van der Waals surface area contributed by atoms with Crippen molar-refractivity contribution in [2.75, 3.05) is 0 Å². The Labute approximate surface area is 146 Å². The second-order valence-electron chi connectivity index (χ2n) is 6.28. The number of aryl methyl sites for hydroxylation is 2. The average molecular weight is 348 g/mol. The van der Waals surface area contributed by atoms with Gasteiger partial charge in [0.25, 0.3) is 0 Å². The van der Waals surface area contributed by atoms with E-state index in [1.165, 1.54) is 12.1 Å². The minimum absolute atomic E-state index is 0.0448.